The Morgan fingerprint density at radius 2 is 1.97 bits per heavy atom. The van der Waals surface area contributed by atoms with Gasteiger partial charge in [-0.15, -0.1) is 0 Å². The van der Waals surface area contributed by atoms with Gasteiger partial charge in [-0.3, -0.25) is 0 Å². The molecule has 3 heterocycles. The Bertz CT molecular complexity index is 1120. The molecule has 8 heteroatoms. The second-order valence-corrected chi connectivity index (χ2v) is 8.00. The molecule has 7 nitrogen and oxygen atoms in total. The van der Waals surface area contributed by atoms with E-state index in [9.17, 15) is 5.11 Å². The summed E-state index contributed by atoms with van der Waals surface area (Å²) in [5.74, 6) is 2.28. The van der Waals surface area contributed by atoms with Crippen LogP contribution in [0.15, 0.2) is 52.5 Å². The third-order valence-electron chi connectivity index (χ3n) is 5.05. The van der Waals surface area contributed by atoms with E-state index in [0.29, 0.717) is 13.0 Å². The van der Waals surface area contributed by atoms with Crippen LogP contribution in [0.5, 0.6) is 17.2 Å². The summed E-state index contributed by atoms with van der Waals surface area (Å²) >= 11 is 1.55. The van der Waals surface area contributed by atoms with Crippen LogP contribution >= 0.6 is 11.8 Å². The Balaban J connectivity index is 1.52. The predicted molar refractivity (Wildman–Crippen MR) is 116 cm³/mol. The topological polar surface area (TPSA) is 76.4 Å². The van der Waals surface area contributed by atoms with E-state index in [1.165, 1.54) is 0 Å². The predicted octanol–water partition coefficient (Wildman–Crippen LogP) is 3.95. The third kappa shape index (κ3) is 3.64. The Labute approximate surface area is 178 Å². The number of rotatable bonds is 5. The molecule has 0 unspecified atom stereocenters. The van der Waals surface area contributed by atoms with Gasteiger partial charge in [0.1, 0.15) is 10.8 Å². The highest BCUT2D eigenvalue weighted by atomic mass is 32.2. The summed E-state index contributed by atoms with van der Waals surface area (Å²) in [7, 11) is 1.65. The van der Waals surface area contributed by atoms with Gasteiger partial charge in [0.2, 0.25) is 6.79 Å². The van der Waals surface area contributed by atoms with Gasteiger partial charge in [-0.1, -0.05) is 0 Å². The number of aliphatic imine (C=N–C) groups is 1. The molecule has 2 aliphatic heterocycles. The number of ether oxygens (including phenoxy) is 3. The molecule has 0 atom stereocenters. The lowest BCUT2D eigenvalue weighted by Gasteiger charge is -2.30. The minimum Gasteiger partial charge on any atom is -0.497 e. The number of nitrogens with zero attached hydrogens (tertiary/aromatic N) is 3. The van der Waals surface area contributed by atoms with E-state index >= 15 is 0 Å². The maximum atomic E-state index is 9.33. The molecule has 0 amide bonds. The molecule has 5 rings (SSSR count). The number of thioether (sulfide) groups is 1. The molecule has 3 aromatic rings. The number of aromatic nitrogens is 1. The van der Waals surface area contributed by atoms with E-state index in [2.05, 4.69) is 11.0 Å². The monoisotopic (exact) mass is 423 g/mol. The molecule has 0 aliphatic carbocycles. The fraction of sp³-hybridized carbons (Fsp3) is 0.273. The fourth-order valence-electron chi connectivity index (χ4n) is 3.51. The number of benzene rings is 2. The van der Waals surface area contributed by atoms with Crippen LogP contribution in [0.3, 0.4) is 0 Å². The number of aliphatic hydroxyl groups is 1. The van der Waals surface area contributed by atoms with E-state index in [1.807, 2.05) is 36.4 Å². The number of pyridine rings is 1. The molecule has 0 bridgehead atoms. The average molecular weight is 423 g/mol. The second-order valence-electron chi connectivity index (χ2n) is 7.04. The van der Waals surface area contributed by atoms with Crippen LogP contribution in [0.1, 0.15) is 12.0 Å². The summed E-state index contributed by atoms with van der Waals surface area (Å²) in [5, 5.41) is 12.2. The number of amidine groups is 1. The van der Waals surface area contributed by atoms with Crippen molar-refractivity contribution < 1.29 is 19.3 Å². The van der Waals surface area contributed by atoms with Crippen molar-refractivity contribution in [2.75, 3.05) is 27.1 Å². The lowest BCUT2D eigenvalue weighted by Crippen LogP contribution is -2.33. The van der Waals surface area contributed by atoms with Crippen LogP contribution < -0.4 is 14.2 Å². The minimum absolute atomic E-state index is 0.142. The molecule has 1 N–H and O–H groups in total. The smallest absolute Gasteiger partial charge is 0.231 e. The SMILES string of the molecule is COc1ccc(N=C2Sc3nc4cc5c(cc4cc3CN2CCCO)OCO5)cc1. The molecule has 30 heavy (non-hydrogen) atoms. The first-order valence-electron chi connectivity index (χ1n) is 9.73. The van der Waals surface area contributed by atoms with Crippen LogP contribution in [0.25, 0.3) is 10.9 Å². The van der Waals surface area contributed by atoms with Gasteiger partial charge in [0.15, 0.2) is 16.7 Å². The van der Waals surface area contributed by atoms with Crippen LogP contribution in [0.2, 0.25) is 0 Å². The van der Waals surface area contributed by atoms with Crippen LogP contribution in [-0.2, 0) is 6.54 Å². The summed E-state index contributed by atoms with van der Waals surface area (Å²) in [6.07, 6.45) is 0.678. The zero-order valence-electron chi connectivity index (χ0n) is 16.5. The maximum absolute atomic E-state index is 9.33. The summed E-state index contributed by atoms with van der Waals surface area (Å²) in [6.45, 7) is 1.79. The number of hydrogen-bond donors (Lipinski definition) is 1. The van der Waals surface area contributed by atoms with Crippen molar-refractivity contribution in [1.82, 2.24) is 9.88 Å². The van der Waals surface area contributed by atoms with Gasteiger partial charge in [-0.05, 0) is 54.6 Å². The number of aliphatic hydroxyl groups excluding tert-OH is 1. The first kappa shape index (κ1) is 19.0. The molecule has 0 saturated carbocycles. The third-order valence-corrected chi connectivity index (χ3v) is 6.13. The van der Waals surface area contributed by atoms with E-state index in [4.69, 9.17) is 24.2 Å². The largest absolute Gasteiger partial charge is 0.497 e. The van der Waals surface area contributed by atoms with Gasteiger partial charge in [-0.2, -0.15) is 0 Å². The Hall–Kier alpha value is -2.97. The molecule has 0 radical (unpaired) electrons. The molecular formula is C22H21N3O4S. The molecule has 154 valence electrons. The van der Waals surface area contributed by atoms with E-state index in [1.54, 1.807) is 18.9 Å². The minimum atomic E-state index is 0.142. The van der Waals surface area contributed by atoms with Crippen molar-refractivity contribution in [2.45, 2.75) is 18.0 Å². The summed E-state index contributed by atoms with van der Waals surface area (Å²) in [4.78, 5) is 11.9. The van der Waals surface area contributed by atoms with Crippen LogP contribution in [-0.4, -0.2) is 47.2 Å². The van der Waals surface area contributed by atoms with Crippen molar-refractivity contribution in [2.24, 2.45) is 4.99 Å². The lowest BCUT2D eigenvalue weighted by atomic mass is 10.1. The molecule has 0 spiro atoms. The Morgan fingerprint density at radius 3 is 2.73 bits per heavy atom. The van der Waals surface area contributed by atoms with Crippen LogP contribution in [0.4, 0.5) is 5.69 Å². The average Bonchev–Trinajstić information content (AvgIpc) is 3.22. The summed E-state index contributed by atoms with van der Waals surface area (Å²) in [6, 6.07) is 13.7. The van der Waals surface area contributed by atoms with Gasteiger partial charge in [-0.25, -0.2) is 9.98 Å². The fourth-order valence-corrected chi connectivity index (χ4v) is 4.52. The van der Waals surface area contributed by atoms with E-state index in [0.717, 1.165) is 56.1 Å². The number of fused-ring (bicyclic) bond motifs is 3. The van der Waals surface area contributed by atoms with Crippen molar-refractivity contribution in [3.05, 3.63) is 48.0 Å². The van der Waals surface area contributed by atoms with Gasteiger partial charge in [0.05, 0.1) is 18.3 Å². The summed E-state index contributed by atoms with van der Waals surface area (Å²) < 4.78 is 16.2. The van der Waals surface area contributed by atoms with Gasteiger partial charge < -0.3 is 24.2 Å². The number of methoxy groups -OCH3 is 1. The highest BCUT2D eigenvalue weighted by molar-refractivity contribution is 8.13. The van der Waals surface area contributed by atoms with Crippen molar-refractivity contribution in [3.8, 4) is 17.2 Å². The van der Waals surface area contributed by atoms with E-state index < -0.39 is 0 Å². The van der Waals surface area contributed by atoms with Gasteiger partial charge in [0.25, 0.3) is 0 Å². The van der Waals surface area contributed by atoms with Crippen molar-refractivity contribution in [1.29, 1.82) is 0 Å². The zero-order chi connectivity index (χ0) is 20.5. The molecule has 0 fully saturated rings. The highest BCUT2D eigenvalue weighted by Gasteiger charge is 2.25. The highest BCUT2D eigenvalue weighted by Crippen LogP contribution is 2.39. The molecule has 2 aliphatic rings. The summed E-state index contributed by atoms with van der Waals surface area (Å²) in [5.41, 5.74) is 2.86. The normalized spacial score (nSPS) is 16.2. The molecular weight excluding hydrogens is 402 g/mol. The lowest BCUT2D eigenvalue weighted by molar-refractivity contribution is 0.174. The van der Waals surface area contributed by atoms with E-state index in [-0.39, 0.29) is 13.4 Å². The molecule has 2 aromatic carbocycles. The van der Waals surface area contributed by atoms with Crippen LogP contribution in [0, 0.1) is 0 Å². The standard InChI is InChI=1S/C22H21N3O4S/c1-27-17-5-3-16(4-6-17)23-22-25(7-2-8-26)12-15-9-14-10-19-20(29-13-28-19)11-18(14)24-21(15)30-22/h3-6,9-11,26H,2,7-8,12-13H2,1H3. The van der Waals surface area contributed by atoms with Gasteiger partial charge >= 0.3 is 0 Å². The first-order valence-corrected chi connectivity index (χ1v) is 10.5. The first-order chi connectivity index (χ1) is 14.7. The Kier molecular flexibility index (Phi) is 5.10. The zero-order valence-corrected chi connectivity index (χ0v) is 17.3. The maximum Gasteiger partial charge on any atom is 0.231 e. The Morgan fingerprint density at radius 1 is 1.17 bits per heavy atom. The quantitative estimate of drug-likeness (QED) is 0.666. The molecule has 1 aromatic heterocycles. The van der Waals surface area contributed by atoms with Gasteiger partial charge in [0, 0.05) is 36.7 Å². The van der Waals surface area contributed by atoms with Crippen molar-refractivity contribution >= 4 is 33.5 Å². The number of hydrogen-bond acceptors (Lipinski definition) is 7. The second kappa shape index (κ2) is 8.04. The van der Waals surface area contributed by atoms with Crippen molar-refractivity contribution in [3.63, 3.8) is 0 Å². The molecule has 0 saturated heterocycles.